The van der Waals surface area contributed by atoms with Crippen molar-refractivity contribution in [2.45, 2.75) is 52.2 Å². The van der Waals surface area contributed by atoms with Crippen LogP contribution in [0, 0.1) is 5.41 Å². The topological polar surface area (TPSA) is 9.23 Å². The molecule has 0 aliphatic heterocycles. The van der Waals surface area contributed by atoms with Gasteiger partial charge in [-0.25, -0.2) is 0 Å². The summed E-state index contributed by atoms with van der Waals surface area (Å²) in [5.41, 5.74) is -2.65. The molecule has 1 nitrogen and oxygen atoms in total. The summed E-state index contributed by atoms with van der Waals surface area (Å²) in [5.74, 6) is 0. The van der Waals surface area contributed by atoms with Crippen molar-refractivity contribution in [2.24, 2.45) is 5.41 Å². The third kappa shape index (κ3) is 4.99. The van der Waals surface area contributed by atoms with E-state index in [1.165, 1.54) is 18.2 Å². The molecule has 0 N–H and O–H groups in total. The van der Waals surface area contributed by atoms with Crippen LogP contribution in [0.3, 0.4) is 0 Å². The molecule has 5 heteroatoms. The summed E-state index contributed by atoms with van der Waals surface area (Å²) in [4.78, 5) is 0. The SMILES string of the molecule is CC(C)(C)/C=C/C(O[Si](C)(C)C)(c1ccccc1)C(F)(F)F. The number of rotatable bonds is 4. The maximum atomic E-state index is 14.0. The molecule has 1 aromatic rings. The minimum absolute atomic E-state index is 0.116. The lowest BCUT2D eigenvalue weighted by molar-refractivity contribution is -0.237. The molecule has 0 heterocycles. The maximum absolute atomic E-state index is 14.0. The highest BCUT2D eigenvalue weighted by atomic mass is 28.4. The molecule has 0 bridgehead atoms. The standard InChI is InChI=1S/C17H25F3OSi/c1-15(2,3)12-13-16(17(18,19)20,21-22(4,5)6)14-10-8-7-9-11-14/h7-13H,1-6H3/b13-12+. The van der Waals surface area contributed by atoms with Crippen LogP contribution in [0.4, 0.5) is 13.2 Å². The van der Waals surface area contributed by atoms with Crippen LogP contribution in [0.5, 0.6) is 0 Å². The molecule has 0 aromatic heterocycles. The second-order valence-corrected chi connectivity index (χ2v) is 11.9. The van der Waals surface area contributed by atoms with Gasteiger partial charge in [0.25, 0.3) is 0 Å². The van der Waals surface area contributed by atoms with Crippen LogP contribution >= 0.6 is 0 Å². The zero-order chi connectivity index (χ0) is 17.2. The smallest absolute Gasteiger partial charge is 0.397 e. The summed E-state index contributed by atoms with van der Waals surface area (Å²) in [5, 5.41) is 0. The van der Waals surface area contributed by atoms with Crippen LogP contribution in [0.25, 0.3) is 0 Å². The van der Waals surface area contributed by atoms with E-state index < -0.39 is 20.1 Å². The first-order valence-corrected chi connectivity index (χ1v) is 10.7. The predicted molar refractivity (Wildman–Crippen MR) is 87.2 cm³/mol. The van der Waals surface area contributed by atoms with Crippen molar-refractivity contribution in [1.82, 2.24) is 0 Å². The Labute approximate surface area is 132 Å². The van der Waals surface area contributed by atoms with Crippen molar-refractivity contribution in [3.8, 4) is 0 Å². The molecule has 0 amide bonds. The molecule has 1 unspecified atom stereocenters. The number of halogens is 3. The molecule has 124 valence electrons. The quantitative estimate of drug-likeness (QED) is 0.493. The molecular weight excluding hydrogens is 305 g/mol. The predicted octanol–water partition coefficient (Wildman–Crippen LogP) is 5.90. The van der Waals surface area contributed by atoms with Gasteiger partial charge in [0.15, 0.2) is 13.9 Å². The van der Waals surface area contributed by atoms with E-state index in [1.807, 2.05) is 20.8 Å². The molecule has 0 spiro atoms. The van der Waals surface area contributed by atoms with Gasteiger partial charge in [-0.05, 0) is 36.7 Å². The second-order valence-electron chi connectivity index (χ2n) is 7.51. The zero-order valence-electron chi connectivity index (χ0n) is 14.1. The summed E-state index contributed by atoms with van der Waals surface area (Å²) in [6, 6.07) is 7.86. The molecule has 0 saturated heterocycles. The highest BCUT2D eigenvalue weighted by molar-refractivity contribution is 6.69. The molecule has 1 aromatic carbocycles. The van der Waals surface area contributed by atoms with Crippen molar-refractivity contribution in [2.75, 3.05) is 0 Å². The summed E-state index contributed by atoms with van der Waals surface area (Å²) in [7, 11) is -2.45. The molecule has 22 heavy (non-hydrogen) atoms. The number of allylic oxidation sites excluding steroid dienone is 1. The number of hydrogen-bond donors (Lipinski definition) is 0. The Kier molecular flexibility index (Phi) is 5.35. The van der Waals surface area contributed by atoms with Crippen LogP contribution in [-0.4, -0.2) is 14.5 Å². The maximum Gasteiger partial charge on any atom is 0.424 e. The molecule has 0 aliphatic rings. The zero-order valence-corrected chi connectivity index (χ0v) is 15.1. The lowest BCUT2D eigenvalue weighted by atomic mass is 9.88. The van der Waals surface area contributed by atoms with E-state index in [1.54, 1.807) is 43.9 Å². The van der Waals surface area contributed by atoms with E-state index in [-0.39, 0.29) is 11.0 Å². The van der Waals surface area contributed by atoms with Gasteiger partial charge in [0.1, 0.15) is 0 Å². The largest absolute Gasteiger partial charge is 0.424 e. The normalized spacial score (nSPS) is 16.8. The Morgan fingerprint density at radius 3 is 1.77 bits per heavy atom. The van der Waals surface area contributed by atoms with Gasteiger partial charge in [-0.1, -0.05) is 57.2 Å². The highest BCUT2D eigenvalue weighted by Gasteiger charge is 2.57. The minimum atomic E-state index is -4.53. The van der Waals surface area contributed by atoms with Gasteiger partial charge in [0.2, 0.25) is 0 Å². The molecular formula is C17H25F3OSi. The third-order valence-electron chi connectivity index (χ3n) is 2.91. The molecule has 0 fully saturated rings. The van der Waals surface area contributed by atoms with E-state index >= 15 is 0 Å². The molecule has 1 rings (SSSR count). The fourth-order valence-corrected chi connectivity index (χ4v) is 3.31. The van der Waals surface area contributed by atoms with Crippen molar-refractivity contribution < 1.29 is 17.6 Å². The van der Waals surface area contributed by atoms with E-state index in [2.05, 4.69) is 0 Å². The first kappa shape index (κ1) is 19.0. The van der Waals surface area contributed by atoms with Gasteiger partial charge in [-0.2, -0.15) is 13.2 Å². The van der Waals surface area contributed by atoms with Gasteiger partial charge < -0.3 is 4.43 Å². The fourth-order valence-electron chi connectivity index (χ4n) is 2.04. The summed E-state index contributed by atoms with van der Waals surface area (Å²) in [6.07, 6.45) is -1.77. The van der Waals surface area contributed by atoms with Crippen LogP contribution < -0.4 is 0 Å². The molecule has 0 aliphatic carbocycles. The molecule has 1 atom stereocenters. The highest BCUT2D eigenvalue weighted by Crippen LogP contribution is 2.46. The first-order chi connectivity index (χ1) is 9.77. The van der Waals surface area contributed by atoms with Crippen molar-refractivity contribution in [3.63, 3.8) is 0 Å². The van der Waals surface area contributed by atoms with E-state index in [0.29, 0.717) is 0 Å². The Hall–Kier alpha value is -1.07. The van der Waals surface area contributed by atoms with E-state index in [9.17, 15) is 13.2 Å². The number of alkyl halides is 3. The van der Waals surface area contributed by atoms with Gasteiger partial charge in [-0.3, -0.25) is 0 Å². The van der Waals surface area contributed by atoms with Crippen LogP contribution in [0.15, 0.2) is 42.5 Å². The van der Waals surface area contributed by atoms with E-state index in [0.717, 1.165) is 0 Å². The van der Waals surface area contributed by atoms with Gasteiger partial charge in [0, 0.05) is 0 Å². The Morgan fingerprint density at radius 1 is 0.909 bits per heavy atom. The average molecular weight is 330 g/mol. The number of hydrogen-bond acceptors (Lipinski definition) is 1. The Balaban J connectivity index is 3.55. The second kappa shape index (κ2) is 6.20. The average Bonchev–Trinajstić information content (AvgIpc) is 2.31. The monoisotopic (exact) mass is 330 g/mol. The fraction of sp³-hybridized carbons (Fsp3) is 0.529. The Bertz CT molecular complexity index is 509. The van der Waals surface area contributed by atoms with E-state index in [4.69, 9.17) is 4.43 Å². The van der Waals surface area contributed by atoms with Gasteiger partial charge in [-0.15, -0.1) is 0 Å². The van der Waals surface area contributed by atoms with Crippen molar-refractivity contribution in [1.29, 1.82) is 0 Å². The lowest BCUT2D eigenvalue weighted by Gasteiger charge is -2.39. The van der Waals surface area contributed by atoms with Crippen molar-refractivity contribution >= 4 is 8.32 Å². The summed E-state index contributed by atoms with van der Waals surface area (Å²) in [6.45, 7) is 10.9. The van der Waals surface area contributed by atoms with Crippen LogP contribution in [0.1, 0.15) is 26.3 Å². The molecule has 0 saturated carbocycles. The first-order valence-electron chi connectivity index (χ1n) is 7.30. The minimum Gasteiger partial charge on any atom is -0.397 e. The third-order valence-corrected chi connectivity index (χ3v) is 3.84. The van der Waals surface area contributed by atoms with Gasteiger partial charge in [0.05, 0.1) is 0 Å². The summed E-state index contributed by atoms with van der Waals surface area (Å²) < 4.78 is 47.7. The van der Waals surface area contributed by atoms with Crippen molar-refractivity contribution in [3.05, 3.63) is 48.0 Å². The lowest BCUT2D eigenvalue weighted by Crippen LogP contribution is -2.49. The van der Waals surface area contributed by atoms with Crippen LogP contribution in [0.2, 0.25) is 19.6 Å². The van der Waals surface area contributed by atoms with Gasteiger partial charge >= 0.3 is 6.18 Å². The number of benzene rings is 1. The molecule has 0 radical (unpaired) electrons. The summed E-state index contributed by atoms with van der Waals surface area (Å²) >= 11 is 0. The Morgan fingerprint density at radius 2 is 1.41 bits per heavy atom. The van der Waals surface area contributed by atoms with Crippen LogP contribution in [-0.2, 0) is 10.0 Å².